The van der Waals surface area contributed by atoms with Gasteiger partial charge in [0, 0.05) is 0 Å². The van der Waals surface area contributed by atoms with Gasteiger partial charge < -0.3 is 0 Å². The van der Waals surface area contributed by atoms with E-state index in [9.17, 15) is 18.0 Å². The Morgan fingerprint density at radius 3 is 2.08 bits per heavy atom. The molecule has 0 aliphatic carbocycles. The second kappa shape index (κ2) is 3.84. The van der Waals surface area contributed by atoms with Gasteiger partial charge >= 0.3 is 29.6 Å². The number of imide groups is 1. The molecule has 63 valence electrons. The zero-order valence-electron chi connectivity index (χ0n) is 5.22. The Hall–Kier alpha value is 0.0500. The number of amides is 2. The number of hydrogen-bond donors (Lipinski definition) is 1. The molecule has 1 rings (SSSR count). The Kier molecular flexibility index (Phi) is 3.86. The average molecular weight is 202 g/mol. The van der Waals surface area contributed by atoms with E-state index in [2.05, 4.69) is 5.32 Å². The first-order valence-corrected chi connectivity index (χ1v) is 4.16. The average Bonchev–Trinajstić information content (AvgIpc) is 2.08. The third kappa shape index (κ3) is 2.53. The monoisotopic (exact) mass is 202 g/mol. The summed E-state index contributed by atoms with van der Waals surface area (Å²) in [5.74, 6) is -1.89. The van der Waals surface area contributed by atoms with Crippen LogP contribution >= 0.6 is 0 Å². The van der Waals surface area contributed by atoms with E-state index in [1.165, 1.54) is 0 Å². The van der Waals surface area contributed by atoms with Crippen molar-refractivity contribution in [2.24, 2.45) is 0 Å². The van der Waals surface area contributed by atoms with Crippen molar-refractivity contribution in [1.82, 2.24) is 5.32 Å². The molecule has 0 aromatic heterocycles. The number of nitrogens with zero attached hydrogens (tertiary/aromatic N) is 1. The summed E-state index contributed by atoms with van der Waals surface area (Å²) in [4.78, 5) is 20.9. The molecule has 0 spiro atoms. The van der Waals surface area contributed by atoms with Crippen LogP contribution in [0.2, 0.25) is 0 Å². The van der Waals surface area contributed by atoms with Gasteiger partial charge in [-0.15, -0.1) is 0 Å². The van der Waals surface area contributed by atoms with Gasteiger partial charge in [0.05, 0.1) is 6.42 Å². The van der Waals surface area contributed by atoms with Crippen molar-refractivity contribution in [2.75, 3.05) is 0 Å². The van der Waals surface area contributed by atoms with Gasteiger partial charge in [-0.3, -0.25) is 14.1 Å². The number of hydrogen-bond acceptors (Lipinski definition) is 4. The summed E-state index contributed by atoms with van der Waals surface area (Å²) in [5, 5.41) is 1.15. The van der Waals surface area contributed by atoms with Crippen LogP contribution in [0.25, 0.3) is 0 Å². The molecule has 1 atom stereocenters. The number of carbonyl (C=O) groups excluding carboxylic acids is 2. The van der Waals surface area contributed by atoms with E-state index in [4.69, 9.17) is 4.55 Å². The summed E-state index contributed by atoms with van der Waals surface area (Å²) in [5.41, 5.74) is 0. The summed E-state index contributed by atoms with van der Waals surface area (Å²) < 4.78 is 29.0. The van der Waals surface area contributed by atoms with E-state index < -0.39 is 33.6 Å². The van der Waals surface area contributed by atoms with Crippen molar-refractivity contribution in [3.05, 3.63) is 0 Å². The van der Waals surface area contributed by atoms with Gasteiger partial charge in [0.1, 0.15) is 0 Å². The van der Waals surface area contributed by atoms with Crippen LogP contribution in [0.15, 0.2) is 0 Å². The van der Waals surface area contributed by atoms with Crippen molar-refractivity contribution < 1.29 is 22.6 Å². The summed E-state index contributed by atoms with van der Waals surface area (Å²) in [6.07, 6.45) is -0.544. The van der Waals surface area contributed by atoms with Crippen LogP contribution in [0, 0.1) is 0 Å². The Morgan fingerprint density at radius 2 is 1.92 bits per heavy atom. The first-order chi connectivity index (χ1) is 4.91. The maximum absolute atomic E-state index is 10.5. The Balaban J connectivity index is 0.00000121. The molecule has 0 bridgehead atoms. The molecular formula is C4H5NNaO5S. The van der Waals surface area contributed by atoms with Gasteiger partial charge in [-0.2, -0.15) is 13.7 Å². The van der Waals surface area contributed by atoms with Crippen molar-refractivity contribution in [3.63, 3.8) is 0 Å². The molecule has 0 aromatic carbocycles. The molecule has 2 amide bonds. The Morgan fingerprint density at radius 1 is 1.42 bits per heavy atom. The van der Waals surface area contributed by atoms with Crippen molar-refractivity contribution >= 4 is 51.5 Å². The van der Waals surface area contributed by atoms with E-state index in [0.29, 0.717) is 0 Å². The molecule has 1 aliphatic heterocycles. The quantitative estimate of drug-likeness (QED) is 0.291. The van der Waals surface area contributed by atoms with Crippen molar-refractivity contribution in [3.8, 4) is 0 Å². The molecule has 8 heteroatoms. The SMILES string of the molecule is O=C1CC(S(=O)(=O)O)C(=O)[N]1.[NaH]. The van der Waals surface area contributed by atoms with Crippen molar-refractivity contribution in [2.45, 2.75) is 11.7 Å². The van der Waals surface area contributed by atoms with Gasteiger partial charge in [0.2, 0.25) is 0 Å². The first kappa shape index (κ1) is 12.0. The molecule has 1 N–H and O–H groups in total. The molecule has 1 aliphatic rings. The second-order valence-corrected chi connectivity index (χ2v) is 3.65. The van der Waals surface area contributed by atoms with Crippen LogP contribution in [0.4, 0.5) is 0 Å². The second-order valence-electron chi connectivity index (χ2n) is 2.05. The predicted molar refractivity (Wildman–Crippen MR) is 39.3 cm³/mol. The maximum atomic E-state index is 10.5. The molecule has 1 heterocycles. The molecule has 0 saturated carbocycles. The zero-order valence-corrected chi connectivity index (χ0v) is 6.04. The topological polar surface area (TPSA) is 103 Å². The fourth-order valence-corrected chi connectivity index (χ4v) is 1.38. The molecule has 1 fully saturated rings. The molecule has 0 aromatic rings. The molecule has 1 saturated heterocycles. The van der Waals surface area contributed by atoms with Crippen molar-refractivity contribution in [1.29, 1.82) is 0 Å². The van der Waals surface area contributed by atoms with Crippen LogP contribution in [0.1, 0.15) is 6.42 Å². The molecule has 6 nitrogen and oxygen atoms in total. The fraction of sp³-hybridized carbons (Fsp3) is 0.500. The zero-order chi connectivity index (χ0) is 8.65. The van der Waals surface area contributed by atoms with Crippen LogP contribution < -0.4 is 5.32 Å². The minimum absolute atomic E-state index is 0. The van der Waals surface area contributed by atoms with E-state index in [1.807, 2.05) is 0 Å². The molecule has 1 radical (unpaired) electrons. The minimum atomic E-state index is -4.45. The standard InChI is InChI=1S/C4H4NO5S.Na.H/c6-3-1-2(4(7)5-3)11(8,9)10;;/h2H,1H2,(H,8,9,10);;. The van der Waals surface area contributed by atoms with Crippen LogP contribution in [-0.4, -0.2) is 59.6 Å². The third-order valence-electron chi connectivity index (χ3n) is 1.23. The number of carbonyl (C=O) groups is 2. The fourth-order valence-electron chi connectivity index (χ4n) is 0.719. The van der Waals surface area contributed by atoms with Crippen LogP contribution in [0.5, 0.6) is 0 Å². The third-order valence-corrected chi connectivity index (χ3v) is 2.32. The summed E-state index contributed by atoms with van der Waals surface area (Å²) in [6.45, 7) is 0. The van der Waals surface area contributed by atoms with Gasteiger partial charge in [-0.05, 0) is 0 Å². The summed E-state index contributed by atoms with van der Waals surface area (Å²) >= 11 is 0. The van der Waals surface area contributed by atoms with E-state index in [1.54, 1.807) is 0 Å². The molecular weight excluding hydrogens is 197 g/mol. The molecule has 12 heavy (non-hydrogen) atoms. The summed E-state index contributed by atoms with van der Waals surface area (Å²) in [6, 6.07) is 0. The van der Waals surface area contributed by atoms with Gasteiger partial charge in [-0.1, -0.05) is 0 Å². The van der Waals surface area contributed by atoms with Crippen LogP contribution in [0.3, 0.4) is 0 Å². The molecule has 1 unspecified atom stereocenters. The van der Waals surface area contributed by atoms with Gasteiger partial charge in [0.15, 0.2) is 5.25 Å². The summed E-state index contributed by atoms with van der Waals surface area (Å²) in [7, 11) is -4.45. The first-order valence-electron chi connectivity index (χ1n) is 2.66. The normalized spacial score (nSPS) is 23.2. The Labute approximate surface area is 90.7 Å². The van der Waals surface area contributed by atoms with Gasteiger partial charge in [-0.25, -0.2) is 0 Å². The van der Waals surface area contributed by atoms with Gasteiger partial charge in [0.25, 0.3) is 21.9 Å². The predicted octanol–water partition coefficient (Wildman–Crippen LogP) is -2.34. The Bertz CT molecular complexity index is 309. The van der Waals surface area contributed by atoms with E-state index >= 15 is 0 Å². The van der Waals surface area contributed by atoms with Crippen LogP contribution in [-0.2, 0) is 19.7 Å². The van der Waals surface area contributed by atoms with E-state index in [0.717, 1.165) is 0 Å². The number of rotatable bonds is 1. The van der Waals surface area contributed by atoms with E-state index in [-0.39, 0.29) is 29.6 Å².